The molecule has 5 heteroatoms. The van der Waals surface area contributed by atoms with Crippen molar-refractivity contribution in [3.63, 3.8) is 0 Å². The molecule has 1 N–H and O–H groups in total. The van der Waals surface area contributed by atoms with Crippen molar-refractivity contribution in [3.05, 3.63) is 48.0 Å². The molecule has 0 aliphatic carbocycles. The topological polar surface area (TPSA) is 55.4 Å². The summed E-state index contributed by atoms with van der Waals surface area (Å²) >= 11 is 1.95. The fourth-order valence-corrected chi connectivity index (χ4v) is 2.49. The zero-order chi connectivity index (χ0) is 15.2. The average Bonchev–Trinajstić information content (AvgIpc) is 2.51. The Balaban J connectivity index is 1.93. The molecule has 0 fully saturated rings. The first-order valence-electron chi connectivity index (χ1n) is 6.56. The van der Waals surface area contributed by atoms with E-state index in [0.29, 0.717) is 6.42 Å². The molecule has 0 bridgehead atoms. The number of hydrogen-bond donors (Lipinski definition) is 1. The fourth-order valence-electron chi connectivity index (χ4n) is 2.01. The highest BCUT2D eigenvalue weighted by Gasteiger charge is 2.15. The molecule has 21 heavy (non-hydrogen) atoms. The third kappa shape index (κ3) is 4.42. The van der Waals surface area contributed by atoms with E-state index < -0.39 is 0 Å². The van der Waals surface area contributed by atoms with E-state index in [0.717, 1.165) is 16.3 Å². The lowest BCUT2D eigenvalue weighted by atomic mass is 10.0. The predicted molar refractivity (Wildman–Crippen MR) is 90.5 cm³/mol. The number of ether oxygens (including phenoxy) is 1. The van der Waals surface area contributed by atoms with Crippen LogP contribution in [-0.2, 0) is 20.7 Å². The maximum Gasteiger partial charge on any atom is 0.320 e. The summed E-state index contributed by atoms with van der Waals surface area (Å²) in [4.78, 5) is 23.1. The summed E-state index contributed by atoms with van der Waals surface area (Å²) < 4.78 is 4.25. The van der Waals surface area contributed by atoms with E-state index >= 15 is 0 Å². The summed E-state index contributed by atoms with van der Waals surface area (Å²) in [6.45, 7) is 0.277. The summed E-state index contributed by atoms with van der Waals surface area (Å²) in [5, 5.41) is 5.01. The molecule has 2 aromatic rings. The summed E-state index contributed by atoms with van der Waals surface area (Å²) in [7, 11) is 1.34. The Bertz CT molecular complexity index is 657. The monoisotopic (exact) mass is 397 g/mol. The van der Waals surface area contributed by atoms with Gasteiger partial charge in [-0.05, 0) is 16.3 Å². The second-order valence-electron chi connectivity index (χ2n) is 4.65. The van der Waals surface area contributed by atoms with E-state index in [-0.39, 0.29) is 22.3 Å². The Hall–Kier alpha value is -1.63. The molecule has 2 rings (SSSR count). The van der Waals surface area contributed by atoms with E-state index in [1.807, 2.05) is 65.1 Å². The lowest BCUT2D eigenvalue weighted by Crippen LogP contribution is -2.34. The highest BCUT2D eigenvalue weighted by atomic mass is 127. The molecular weight excluding hydrogens is 381 g/mol. The molecule has 0 aromatic heterocycles. The third-order valence-electron chi connectivity index (χ3n) is 3.11. The van der Waals surface area contributed by atoms with Crippen LogP contribution in [0, 0.1) is 0 Å². The van der Waals surface area contributed by atoms with Crippen LogP contribution in [0.4, 0.5) is 0 Å². The van der Waals surface area contributed by atoms with Gasteiger partial charge in [0.15, 0.2) is 0 Å². The Morgan fingerprint density at radius 2 is 1.90 bits per heavy atom. The van der Waals surface area contributed by atoms with Crippen LogP contribution in [0.3, 0.4) is 0 Å². The van der Waals surface area contributed by atoms with Gasteiger partial charge in [0.1, 0.15) is 3.92 Å². The fraction of sp³-hybridized carbons (Fsp3) is 0.250. The number of benzene rings is 2. The Morgan fingerprint density at radius 3 is 2.62 bits per heavy atom. The predicted octanol–water partition coefficient (Wildman–Crippen LogP) is 2.48. The van der Waals surface area contributed by atoms with E-state index in [9.17, 15) is 9.59 Å². The van der Waals surface area contributed by atoms with Gasteiger partial charge in [0.25, 0.3) is 0 Å². The van der Waals surface area contributed by atoms with Crippen LogP contribution < -0.4 is 5.32 Å². The Morgan fingerprint density at radius 1 is 1.19 bits per heavy atom. The number of hydrogen-bond acceptors (Lipinski definition) is 3. The van der Waals surface area contributed by atoms with Gasteiger partial charge in [-0.2, -0.15) is 0 Å². The van der Waals surface area contributed by atoms with E-state index in [1.54, 1.807) is 0 Å². The summed E-state index contributed by atoms with van der Waals surface area (Å²) in [5.74, 6) is -0.433. The number of carbonyl (C=O) groups is 2. The van der Waals surface area contributed by atoms with Crippen molar-refractivity contribution >= 4 is 45.2 Å². The summed E-state index contributed by atoms with van der Waals surface area (Å²) in [6.07, 6.45) is 0.301. The molecule has 1 unspecified atom stereocenters. The number of rotatable bonds is 5. The number of esters is 1. The van der Waals surface area contributed by atoms with Gasteiger partial charge >= 0.3 is 5.97 Å². The van der Waals surface area contributed by atoms with E-state index in [1.165, 1.54) is 7.11 Å². The van der Waals surface area contributed by atoms with Crippen molar-refractivity contribution in [2.45, 2.75) is 10.3 Å². The van der Waals surface area contributed by atoms with Crippen molar-refractivity contribution in [1.29, 1.82) is 0 Å². The van der Waals surface area contributed by atoms with Gasteiger partial charge in [-0.15, -0.1) is 0 Å². The van der Waals surface area contributed by atoms with Gasteiger partial charge in [0.05, 0.1) is 13.5 Å². The summed E-state index contributed by atoms with van der Waals surface area (Å²) in [6, 6.07) is 14.0. The number of nitrogens with one attached hydrogen (secondary N) is 1. The van der Waals surface area contributed by atoms with Crippen LogP contribution in [0.25, 0.3) is 10.8 Å². The Labute approximate surface area is 137 Å². The van der Waals surface area contributed by atoms with Gasteiger partial charge in [-0.25, -0.2) is 0 Å². The van der Waals surface area contributed by atoms with Gasteiger partial charge in [-0.1, -0.05) is 65.1 Å². The maximum absolute atomic E-state index is 11.9. The molecule has 0 saturated heterocycles. The van der Waals surface area contributed by atoms with Gasteiger partial charge in [0.2, 0.25) is 5.91 Å². The molecule has 4 nitrogen and oxygen atoms in total. The zero-order valence-electron chi connectivity index (χ0n) is 11.6. The van der Waals surface area contributed by atoms with Crippen LogP contribution in [0.15, 0.2) is 42.5 Å². The van der Waals surface area contributed by atoms with Gasteiger partial charge in [-0.3, -0.25) is 9.59 Å². The molecule has 110 valence electrons. The minimum absolute atomic E-state index is 0.101. The summed E-state index contributed by atoms with van der Waals surface area (Å²) in [5.41, 5.74) is 0.953. The molecule has 2 aromatic carbocycles. The molecule has 0 aliphatic heterocycles. The first-order valence-corrected chi connectivity index (χ1v) is 7.81. The molecule has 0 aliphatic rings. The SMILES string of the molecule is COC(=O)C(I)CNC(=O)Cc1ccc2ccccc2c1. The highest BCUT2D eigenvalue weighted by Crippen LogP contribution is 2.15. The molecule has 0 heterocycles. The van der Waals surface area contributed by atoms with Crippen molar-refractivity contribution in [3.8, 4) is 0 Å². The van der Waals surface area contributed by atoms with Crippen molar-refractivity contribution in [2.24, 2.45) is 0 Å². The van der Waals surface area contributed by atoms with Crippen molar-refractivity contribution in [1.82, 2.24) is 5.32 Å². The number of alkyl halides is 1. The van der Waals surface area contributed by atoms with Crippen LogP contribution in [0.1, 0.15) is 5.56 Å². The quantitative estimate of drug-likeness (QED) is 0.479. The second-order valence-corrected chi connectivity index (χ2v) is 6.16. The van der Waals surface area contributed by atoms with Gasteiger partial charge in [0, 0.05) is 6.54 Å². The third-order valence-corrected chi connectivity index (χ3v) is 4.06. The normalized spacial score (nSPS) is 11.9. The van der Waals surface area contributed by atoms with E-state index in [2.05, 4.69) is 10.1 Å². The van der Waals surface area contributed by atoms with Crippen LogP contribution in [0.5, 0.6) is 0 Å². The largest absolute Gasteiger partial charge is 0.468 e. The lowest BCUT2D eigenvalue weighted by Gasteiger charge is -2.09. The smallest absolute Gasteiger partial charge is 0.320 e. The van der Waals surface area contributed by atoms with Gasteiger partial charge < -0.3 is 10.1 Å². The van der Waals surface area contributed by atoms with Crippen molar-refractivity contribution in [2.75, 3.05) is 13.7 Å². The molecule has 0 saturated carbocycles. The molecule has 1 atom stereocenters. The van der Waals surface area contributed by atoms with Crippen molar-refractivity contribution < 1.29 is 14.3 Å². The number of carbonyl (C=O) groups excluding carboxylic acids is 2. The number of fused-ring (bicyclic) bond motifs is 1. The first-order chi connectivity index (χ1) is 10.1. The Kier molecular flexibility index (Phi) is 5.55. The minimum Gasteiger partial charge on any atom is -0.468 e. The van der Waals surface area contributed by atoms with Crippen LogP contribution in [0.2, 0.25) is 0 Å². The van der Waals surface area contributed by atoms with E-state index in [4.69, 9.17) is 0 Å². The molecule has 1 amide bonds. The standard InChI is InChI=1S/C16H16INO3/c1-21-16(20)14(17)10-18-15(19)9-11-6-7-12-4-2-3-5-13(12)8-11/h2-8,14H,9-10H2,1H3,(H,18,19). The number of methoxy groups -OCH3 is 1. The number of amides is 1. The first kappa shape index (κ1) is 15.8. The zero-order valence-corrected chi connectivity index (χ0v) is 13.8. The van der Waals surface area contributed by atoms with Crippen LogP contribution >= 0.6 is 22.6 Å². The molecular formula is C16H16INO3. The highest BCUT2D eigenvalue weighted by molar-refractivity contribution is 14.1. The minimum atomic E-state index is -0.367. The molecule has 0 spiro atoms. The van der Waals surface area contributed by atoms with Crippen LogP contribution in [-0.4, -0.2) is 29.5 Å². The second kappa shape index (κ2) is 7.40. The lowest BCUT2D eigenvalue weighted by molar-refractivity contribution is -0.139. The number of halogens is 1. The molecule has 0 radical (unpaired) electrons. The maximum atomic E-state index is 11.9. The average molecular weight is 397 g/mol.